The Labute approximate surface area is 79.8 Å². The molecule has 3 nitrogen and oxygen atoms in total. The molecule has 1 aliphatic heterocycles. The van der Waals surface area contributed by atoms with Crippen LogP contribution in [0.5, 0.6) is 0 Å². The second-order valence-corrected chi connectivity index (χ2v) is 4.14. The normalized spacial score (nSPS) is 40.8. The summed E-state index contributed by atoms with van der Waals surface area (Å²) in [4.78, 5) is 0. The molecule has 0 radical (unpaired) electrons. The van der Waals surface area contributed by atoms with E-state index < -0.39 is 0 Å². The van der Waals surface area contributed by atoms with Crippen LogP contribution in [0.25, 0.3) is 0 Å². The third kappa shape index (κ3) is 2.03. The Morgan fingerprint density at radius 2 is 2.15 bits per heavy atom. The molecule has 0 aromatic heterocycles. The fourth-order valence-electron chi connectivity index (χ4n) is 2.38. The van der Waals surface area contributed by atoms with Gasteiger partial charge in [0.1, 0.15) is 0 Å². The Bertz CT molecular complexity index is 156. The van der Waals surface area contributed by atoms with Gasteiger partial charge in [0, 0.05) is 20.2 Å². The molecule has 2 fully saturated rings. The maximum atomic E-state index is 5.88. The van der Waals surface area contributed by atoms with E-state index in [9.17, 15) is 0 Å². The van der Waals surface area contributed by atoms with Crippen LogP contribution in [-0.2, 0) is 9.47 Å². The van der Waals surface area contributed by atoms with E-state index in [2.05, 4.69) is 5.32 Å². The molecular weight excluding hydrogens is 166 g/mol. The van der Waals surface area contributed by atoms with Gasteiger partial charge in [-0.2, -0.15) is 0 Å². The summed E-state index contributed by atoms with van der Waals surface area (Å²) in [7, 11) is 1.81. The van der Waals surface area contributed by atoms with Crippen molar-refractivity contribution in [3.63, 3.8) is 0 Å². The number of rotatable bonds is 1. The second kappa shape index (κ2) is 3.95. The minimum absolute atomic E-state index is 0.146. The van der Waals surface area contributed by atoms with Gasteiger partial charge in [0.25, 0.3) is 0 Å². The predicted octanol–water partition coefficient (Wildman–Crippen LogP) is 0.934. The lowest BCUT2D eigenvalue weighted by molar-refractivity contribution is -0.108. The van der Waals surface area contributed by atoms with Crippen molar-refractivity contribution >= 4 is 0 Å². The van der Waals surface area contributed by atoms with Crippen LogP contribution in [0.3, 0.4) is 0 Å². The maximum absolute atomic E-state index is 5.88. The number of hydrogen-bond acceptors (Lipinski definition) is 3. The van der Waals surface area contributed by atoms with Crippen LogP contribution in [0, 0.1) is 0 Å². The lowest BCUT2D eigenvalue weighted by Crippen LogP contribution is -2.52. The minimum atomic E-state index is 0.146. The standard InChI is InChI=1S/C10H19NO2/c1-12-9-2-4-10(5-3-9)8-11-6-7-13-10/h9,11H,2-8H2,1H3. The predicted molar refractivity (Wildman–Crippen MR) is 50.8 cm³/mol. The van der Waals surface area contributed by atoms with Crippen molar-refractivity contribution in [3.8, 4) is 0 Å². The highest BCUT2D eigenvalue weighted by Gasteiger charge is 2.37. The van der Waals surface area contributed by atoms with Gasteiger partial charge in [-0.3, -0.25) is 0 Å². The second-order valence-electron chi connectivity index (χ2n) is 4.14. The van der Waals surface area contributed by atoms with Gasteiger partial charge in [-0.25, -0.2) is 0 Å². The highest BCUT2D eigenvalue weighted by atomic mass is 16.5. The van der Waals surface area contributed by atoms with E-state index in [1.807, 2.05) is 7.11 Å². The van der Waals surface area contributed by atoms with E-state index in [0.29, 0.717) is 6.10 Å². The van der Waals surface area contributed by atoms with Crippen molar-refractivity contribution in [3.05, 3.63) is 0 Å². The van der Waals surface area contributed by atoms with Crippen LogP contribution in [0.4, 0.5) is 0 Å². The van der Waals surface area contributed by atoms with Crippen molar-refractivity contribution in [2.45, 2.75) is 37.4 Å². The molecule has 76 valence electrons. The molecule has 13 heavy (non-hydrogen) atoms. The van der Waals surface area contributed by atoms with E-state index in [4.69, 9.17) is 9.47 Å². The molecule has 0 bridgehead atoms. The van der Waals surface area contributed by atoms with Crippen LogP contribution >= 0.6 is 0 Å². The van der Waals surface area contributed by atoms with Crippen molar-refractivity contribution in [2.75, 3.05) is 26.8 Å². The van der Waals surface area contributed by atoms with Gasteiger partial charge in [-0.1, -0.05) is 0 Å². The number of hydrogen-bond donors (Lipinski definition) is 1. The van der Waals surface area contributed by atoms with Crippen LogP contribution < -0.4 is 5.32 Å². The van der Waals surface area contributed by atoms with E-state index >= 15 is 0 Å². The number of ether oxygens (including phenoxy) is 2. The Kier molecular flexibility index (Phi) is 2.86. The summed E-state index contributed by atoms with van der Waals surface area (Å²) < 4.78 is 11.2. The summed E-state index contributed by atoms with van der Waals surface area (Å²) in [6, 6.07) is 0. The molecule has 1 saturated heterocycles. The van der Waals surface area contributed by atoms with Crippen LogP contribution in [0.15, 0.2) is 0 Å². The monoisotopic (exact) mass is 185 g/mol. The molecule has 1 saturated carbocycles. The number of methoxy groups -OCH3 is 1. The zero-order valence-corrected chi connectivity index (χ0v) is 8.34. The smallest absolute Gasteiger partial charge is 0.0808 e. The summed E-state index contributed by atoms with van der Waals surface area (Å²) in [5.74, 6) is 0. The van der Waals surface area contributed by atoms with Crippen molar-refractivity contribution in [1.29, 1.82) is 0 Å². The Hall–Kier alpha value is -0.120. The van der Waals surface area contributed by atoms with Crippen LogP contribution in [-0.4, -0.2) is 38.5 Å². The van der Waals surface area contributed by atoms with Gasteiger partial charge >= 0.3 is 0 Å². The van der Waals surface area contributed by atoms with E-state index in [1.165, 1.54) is 0 Å². The average Bonchev–Trinajstić information content (AvgIpc) is 2.20. The van der Waals surface area contributed by atoms with E-state index in [-0.39, 0.29) is 5.60 Å². The van der Waals surface area contributed by atoms with Crippen LogP contribution in [0.1, 0.15) is 25.7 Å². The average molecular weight is 185 g/mol. The molecular formula is C10H19NO2. The topological polar surface area (TPSA) is 30.5 Å². The maximum Gasteiger partial charge on any atom is 0.0808 e. The minimum Gasteiger partial charge on any atom is -0.381 e. The molecule has 2 rings (SSSR count). The Balaban J connectivity index is 1.87. The molecule has 1 aliphatic carbocycles. The molecule has 3 heteroatoms. The van der Waals surface area contributed by atoms with Gasteiger partial charge in [-0.05, 0) is 25.7 Å². The van der Waals surface area contributed by atoms with Gasteiger partial charge in [-0.15, -0.1) is 0 Å². The third-order valence-corrected chi connectivity index (χ3v) is 3.31. The van der Waals surface area contributed by atoms with Crippen LogP contribution in [0.2, 0.25) is 0 Å². The molecule has 0 unspecified atom stereocenters. The quantitative estimate of drug-likeness (QED) is 0.659. The molecule has 1 spiro atoms. The van der Waals surface area contributed by atoms with Gasteiger partial charge in [0.15, 0.2) is 0 Å². The number of morpholine rings is 1. The molecule has 2 aliphatic rings. The van der Waals surface area contributed by atoms with Gasteiger partial charge in [0.2, 0.25) is 0 Å². The van der Waals surface area contributed by atoms with Crippen molar-refractivity contribution in [2.24, 2.45) is 0 Å². The van der Waals surface area contributed by atoms with Crippen molar-refractivity contribution < 1.29 is 9.47 Å². The number of nitrogens with one attached hydrogen (secondary N) is 1. The lowest BCUT2D eigenvalue weighted by atomic mass is 9.82. The van der Waals surface area contributed by atoms with Gasteiger partial charge < -0.3 is 14.8 Å². The lowest BCUT2D eigenvalue weighted by Gasteiger charge is -2.42. The summed E-state index contributed by atoms with van der Waals surface area (Å²) in [5.41, 5.74) is 0.146. The first kappa shape index (κ1) is 9.44. The summed E-state index contributed by atoms with van der Waals surface area (Å²) >= 11 is 0. The first-order valence-corrected chi connectivity index (χ1v) is 5.22. The molecule has 1 heterocycles. The Morgan fingerprint density at radius 1 is 1.38 bits per heavy atom. The van der Waals surface area contributed by atoms with Gasteiger partial charge in [0.05, 0.1) is 18.3 Å². The fraction of sp³-hybridized carbons (Fsp3) is 1.00. The molecule has 0 atom stereocenters. The third-order valence-electron chi connectivity index (χ3n) is 3.31. The first-order valence-electron chi connectivity index (χ1n) is 5.22. The largest absolute Gasteiger partial charge is 0.381 e. The van der Waals surface area contributed by atoms with E-state index in [0.717, 1.165) is 45.4 Å². The molecule has 1 N–H and O–H groups in total. The fourth-order valence-corrected chi connectivity index (χ4v) is 2.38. The zero-order chi connectivity index (χ0) is 9.15. The first-order chi connectivity index (χ1) is 6.35. The summed E-state index contributed by atoms with van der Waals surface area (Å²) in [6.45, 7) is 2.91. The SMILES string of the molecule is COC1CCC2(CC1)CNCCO2. The highest BCUT2D eigenvalue weighted by Crippen LogP contribution is 2.33. The highest BCUT2D eigenvalue weighted by molar-refractivity contribution is 4.91. The molecule has 0 aromatic rings. The molecule has 0 amide bonds. The Morgan fingerprint density at radius 3 is 2.69 bits per heavy atom. The summed E-state index contributed by atoms with van der Waals surface area (Å²) in [6.07, 6.45) is 5.07. The summed E-state index contributed by atoms with van der Waals surface area (Å²) in [5, 5.41) is 3.41. The van der Waals surface area contributed by atoms with E-state index in [1.54, 1.807) is 0 Å². The van der Waals surface area contributed by atoms with Crippen molar-refractivity contribution in [1.82, 2.24) is 5.32 Å². The zero-order valence-electron chi connectivity index (χ0n) is 8.34. The molecule has 0 aromatic carbocycles.